The molecule has 4 aromatic heterocycles. The van der Waals surface area contributed by atoms with E-state index in [0.29, 0.717) is 17.5 Å². The minimum absolute atomic E-state index is 0.565. The van der Waals surface area contributed by atoms with Gasteiger partial charge in [-0.3, -0.25) is 4.98 Å². The van der Waals surface area contributed by atoms with E-state index in [1.54, 1.807) is 0 Å². The second-order valence-corrected chi connectivity index (χ2v) is 13.4. The Morgan fingerprint density at radius 1 is 0.352 bits per heavy atom. The smallest absolute Gasteiger partial charge is 0.164 e. The van der Waals surface area contributed by atoms with Crippen LogP contribution >= 0.6 is 0 Å². The van der Waals surface area contributed by atoms with Crippen molar-refractivity contribution in [2.24, 2.45) is 0 Å². The predicted molar refractivity (Wildman–Crippen MR) is 217 cm³/mol. The van der Waals surface area contributed by atoms with Crippen molar-refractivity contribution in [3.05, 3.63) is 170 Å². The average molecular weight is 693 g/mol. The van der Waals surface area contributed by atoms with Crippen molar-refractivity contribution >= 4 is 54.8 Å². The number of nitrogens with zero attached hydrogens (tertiary/aromatic N) is 4. The molecule has 11 rings (SSSR count). The van der Waals surface area contributed by atoms with Crippen LogP contribution in [0.3, 0.4) is 0 Å². The van der Waals surface area contributed by atoms with Gasteiger partial charge in [0.2, 0.25) is 0 Å². The van der Waals surface area contributed by atoms with Crippen LogP contribution in [0, 0.1) is 0 Å². The van der Waals surface area contributed by atoms with Gasteiger partial charge in [-0.2, -0.15) is 0 Å². The van der Waals surface area contributed by atoms with Crippen molar-refractivity contribution in [1.82, 2.24) is 19.9 Å². The standard InChI is InChI=1S/C48H28N4O2/c1-2-10-32(11-3-1)46-50-47(36-16-7-19-41-43(36)35-14-4-5-18-39(35)53-41)52-48(51-46)37-17-8-20-42-44(37)38-28-33(25-26-40(38)54-42)29-21-23-30(24-22-29)34-15-6-12-31-13-9-27-49-45(31)34/h1-28H. The summed E-state index contributed by atoms with van der Waals surface area (Å²) in [5, 5.41) is 5.06. The molecule has 6 nitrogen and oxygen atoms in total. The first-order valence-corrected chi connectivity index (χ1v) is 17.9. The third-order valence-electron chi connectivity index (χ3n) is 10.2. The quantitative estimate of drug-likeness (QED) is 0.179. The van der Waals surface area contributed by atoms with Gasteiger partial charge in [-0.25, -0.2) is 15.0 Å². The fourth-order valence-corrected chi connectivity index (χ4v) is 7.67. The Kier molecular flexibility index (Phi) is 6.75. The summed E-state index contributed by atoms with van der Waals surface area (Å²) >= 11 is 0. The highest BCUT2D eigenvalue weighted by atomic mass is 16.3. The third-order valence-corrected chi connectivity index (χ3v) is 10.2. The number of aromatic nitrogens is 4. The fourth-order valence-electron chi connectivity index (χ4n) is 7.67. The van der Waals surface area contributed by atoms with E-state index in [1.165, 1.54) is 0 Å². The lowest BCUT2D eigenvalue weighted by Gasteiger charge is -2.10. The molecule has 0 fully saturated rings. The largest absolute Gasteiger partial charge is 0.456 e. The van der Waals surface area contributed by atoms with E-state index in [1.807, 2.05) is 85.1 Å². The first-order valence-electron chi connectivity index (χ1n) is 17.9. The van der Waals surface area contributed by atoms with Crippen molar-refractivity contribution in [3.8, 4) is 56.4 Å². The Hall–Kier alpha value is -7.44. The second kappa shape index (κ2) is 12.1. The van der Waals surface area contributed by atoms with E-state index < -0.39 is 0 Å². The number of fused-ring (bicyclic) bond motifs is 7. The first-order chi connectivity index (χ1) is 26.7. The van der Waals surface area contributed by atoms with Crippen LogP contribution in [-0.2, 0) is 0 Å². The molecule has 0 unspecified atom stereocenters. The Morgan fingerprint density at radius 3 is 1.70 bits per heavy atom. The minimum Gasteiger partial charge on any atom is -0.456 e. The highest BCUT2D eigenvalue weighted by Crippen LogP contribution is 2.40. The summed E-state index contributed by atoms with van der Waals surface area (Å²) in [4.78, 5) is 20.1. The van der Waals surface area contributed by atoms with E-state index in [2.05, 4.69) is 89.9 Å². The monoisotopic (exact) mass is 692 g/mol. The SMILES string of the molecule is c1ccc(-c2nc(-c3cccc4oc5ccccc5c34)nc(-c3cccc4oc5ccc(-c6ccc(-c7cccc8cccnc78)cc6)cc5c34)n2)cc1. The molecular formula is C48H28N4O2. The highest BCUT2D eigenvalue weighted by Gasteiger charge is 2.20. The average Bonchev–Trinajstić information content (AvgIpc) is 3.82. The van der Waals surface area contributed by atoms with Gasteiger partial charge in [0, 0.05) is 55.4 Å². The molecule has 4 heterocycles. The van der Waals surface area contributed by atoms with Gasteiger partial charge in [-0.1, -0.05) is 127 Å². The van der Waals surface area contributed by atoms with Gasteiger partial charge in [0.15, 0.2) is 17.5 Å². The number of hydrogen-bond donors (Lipinski definition) is 0. The van der Waals surface area contributed by atoms with Gasteiger partial charge >= 0.3 is 0 Å². The van der Waals surface area contributed by atoms with Crippen molar-refractivity contribution in [2.75, 3.05) is 0 Å². The lowest BCUT2D eigenvalue weighted by molar-refractivity contribution is 0.668. The van der Waals surface area contributed by atoms with Crippen LogP contribution < -0.4 is 0 Å². The molecule has 6 heteroatoms. The summed E-state index contributed by atoms with van der Waals surface area (Å²) in [5.41, 5.74) is 11.3. The Labute approximate surface area is 309 Å². The zero-order chi connectivity index (χ0) is 35.6. The molecule has 7 aromatic carbocycles. The zero-order valence-corrected chi connectivity index (χ0v) is 28.8. The van der Waals surface area contributed by atoms with Gasteiger partial charge in [-0.15, -0.1) is 0 Å². The van der Waals surface area contributed by atoms with E-state index in [0.717, 1.165) is 93.7 Å². The highest BCUT2D eigenvalue weighted by molar-refractivity contribution is 6.14. The van der Waals surface area contributed by atoms with Crippen molar-refractivity contribution in [3.63, 3.8) is 0 Å². The molecular weight excluding hydrogens is 665 g/mol. The fraction of sp³-hybridized carbons (Fsp3) is 0. The summed E-state index contributed by atoms with van der Waals surface area (Å²) in [6.07, 6.45) is 1.85. The van der Waals surface area contributed by atoms with Crippen LogP contribution in [-0.4, -0.2) is 19.9 Å². The molecule has 252 valence electrons. The molecule has 0 aliphatic rings. The summed E-state index contributed by atoms with van der Waals surface area (Å²) in [5.74, 6) is 1.73. The van der Waals surface area contributed by atoms with Gasteiger partial charge in [0.05, 0.1) is 5.52 Å². The van der Waals surface area contributed by atoms with Crippen molar-refractivity contribution < 1.29 is 8.83 Å². The normalized spacial score (nSPS) is 11.7. The maximum atomic E-state index is 6.46. The molecule has 0 saturated heterocycles. The van der Waals surface area contributed by atoms with Crippen LogP contribution in [0.25, 0.3) is 111 Å². The molecule has 11 aromatic rings. The van der Waals surface area contributed by atoms with E-state index in [-0.39, 0.29) is 0 Å². The number of rotatable bonds is 5. The molecule has 0 amide bonds. The number of pyridine rings is 1. The Morgan fingerprint density at radius 2 is 0.926 bits per heavy atom. The van der Waals surface area contributed by atoms with Crippen LogP contribution in [0.4, 0.5) is 0 Å². The van der Waals surface area contributed by atoms with E-state index in [4.69, 9.17) is 23.8 Å². The van der Waals surface area contributed by atoms with Crippen LogP contribution in [0.15, 0.2) is 179 Å². The lowest BCUT2D eigenvalue weighted by atomic mass is 9.97. The van der Waals surface area contributed by atoms with Gasteiger partial charge in [-0.05, 0) is 53.1 Å². The lowest BCUT2D eigenvalue weighted by Crippen LogP contribution is -2.00. The molecule has 54 heavy (non-hydrogen) atoms. The molecule has 0 N–H and O–H groups in total. The minimum atomic E-state index is 0.565. The van der Waals surface area contributed by atoms with Crippen LogP contribution in [0.5, 0.6) is 0 Å². The molecule has 0 atom stereocenters. The molecule has 0 radical (unpaired) electrons. The first kappa shape index (κ1) is 30.2. The van der Waals surface area contributed by atoms with Gasteiger partial charge in [0.25, 0.3) is 0 Å². The van der Waals surface area contributed by atoms with Crippen molar-refractivity contribution in [1.29, 1.82) is 0 Å². The maximum absolute atomic E-state index is 6.46. The van der Waals surface area contributed by atoms with Crippen LogP contribution in [0.1, 0.15) is 0 Å². The van der Waals surface area contributed by atoms with Crippen LogP contribution in [0.2, 0.25) is 0 Å². The summed E-state index contributed by atoms with van der Waals surface area (Å²) in [6.45, 7) is 0. The number of para-hydroxylation sites is 2. The Bertz CT molecular complexity index is 3210. The molecule has 0 spiro atoms. The Balaban J connectivity index is 1.08. The molecule has 0 aliphatic carbocycles. The maximum Gasteiger partial charge on any atom is 0.164 e. The summed E-state index contributed by atoms with van der Waals surface area (Å²) in [7, 11) is 0. The zero-order valence-electron chi connectivity index (χ0n) is 28.8. The molecule has 0 bridgehead atoms. The number of hydrogen-bond acceptors (Lipinski definition) is 6. The molecule has 0 aliphatic heterocycles. The summed E-state index contributed by atoms with van der Waals surface area (Å²) in [6, 6.07) is 55.7. The van der Waals surface area contributed by atoms with E-state index in [9.17, 15) is 0 Å². The predicted octanol–water partition coefficient (Wildman–Crippen LogP) is 12.6. The number of benzene rings is 7. The third kappa shape index (κ3) is 4.89. The van der Waals surface area contributed by atoms with Gasteiger partial charge in [0.1, 0.15) is 22.3 Å². The molecule has 0 saturated carbocycles. The topological polar surface area (TPSA) is 77.8 Å². The van der Waals surface area contributed by atoms with E-state index >= 15 is 0 Å². The van der Waals surface area contributed by atoms with Gasteiger partial charge < -0.3 is 8.83 Å². The van der Waals surface area contributed by atoms with Crippen molar-refractivity contribution in [2.45, 2.75) is 0 Å². The summed E-state index contributed by atoms with van der Waals surface area (Å²) < 4.78 is 12.7. The second-order valence-electron chi connectivity index (χ2n) is 13.4. The number of furan rings is 2.